The normalized spacial score (nSPS) is 10.8. The Morgan fingerprint density at radius 1 is 1.50 bits per heavy atom. The van der Waals surface area contributed by atoms with Gasteiger partial charge in [0, 0.05) is 24.7 Å². The molecule has 0 aliphatic carbocycles. The number of benzene rings is 1. The number of aliphatic hydroxyl groups excluding tert-OH is 1. The molecule has 1 rings (SSSR count). The second-order valence-corrected chi connectivity index (χ2v) is 3.89. The summed E-state index contributed by atoms with van der Waals surface area (Å²) in [6.45, 7) is 5.34. The van der Waals surface area contributed by atoms with E-state index >= 15 is 0 Å². The van der Waals surface area contributed by atoms with E-state index in [1.165, 1.54) is 18.2 Å². The van der Waals surface area contributed by atoms with Crippen molar-refractivity contribution in [3.05, 3.63) is 47.3 Å². The molecule has 0 aliphatic heterocycles. The lowest BCUT2D eigenvalue weighted by molar-refractivity contribution is 0.203. The summed E-state index contributed by atoms with van der Waals surface area (Å²) in [5.74, 6) is -0.304. The van der Waals surface area contributed by atoms with Crippen LogP contribution in [0.15, 0.2) is 30.9 Å². The number of halogens is 2. The summed E-state index contributed by atoms with van der Waals surface area (Å²) < 4.78 is 13.0. The second kappa shape index (κ2) is 6.63. The molecule has 0 fully saturated rings. The van der Waals surface area contributed by atoms with Gasteiger partial charge in [0.1, 0.15) is 5.82 Å². The van der Waals surface area contributed by atoms with Crippen LogP contribution in [0.3, 0.4) is 0 Å². The predicted octanol–water partition coefficient (Wildman–Crippen LogP) is 2.46. The van der Waals surface area contributed by atoms with Crippen LogP contribution < -0.4 is 0 Å². The topological polar surface area (TPSA) is 23.5 Å². The Bertz CT molecular complexity index is 357. The van der Waals surface area contributed by atoms with E-state index in [4.69, 9.17) is 16.7 Å². The molecule has 1 aromatic carbocycles. The van der Waals surface area contributed by atoms with E-state index in [2.05, 4.69) is 6.58 Å². The Kier molecular flexibility index (Phi) is 5.46. The first-order valence-electron chi connectivity index (χ1n) is 5.05. The molecule has 0 aliphatic rings. The highest BCUT2D eigenvalue weighted by Gasteiger charge is 2.07. The molecular formula is C12H15ClFNO. The molecule has 0 bridgehead atoms. The van der Waals surface area contributed by atoms with Crippen LogP contribution in [-0.2, 0) is 6.54 Å². The number of nitrogens with zero attached hydrogens (tertiary/aromatic N) is 1. The van der Waals surface area contributed by atoms with Gasteiger partial charge in [0.15, 0.2) is 0 Å². The summed E-state index contributed by atoms with van der Waals surface area (Å²) in [6, 6.07) is 4.28. The fourth-order valence-corrected chi connectivity index (χ4v) is 1.64. The first kappa shape index (κ1) is 13.2. The van der Waals surface area contributed by atoms with Crippen LogP contribution in [0.25, 0.3) is 0 Å². The Balaban J connectivity index is 2.75. The lowest BCUT2D eigenvalue weighted by Gasteiger charge is -2.20. The Morgan fingerprint density at radius 3 is 2.88 bits per heavy atom. The zero-order valence-corrected chi connectivity index (χ0v) is 9.75. The molecule has 1 aromatic rings. The van der Waals surface area contributed by atoms with Crippen molar-refractivity contribution < 1.29 is 9.50 Å². The SMILES string of the molecule is C=CCN(CCO)Cc1cc(F)ccc1Cl. The van der Waals surface area contributed by atoms with Gasteiger partial charge in [-0.1, -0.05) is 17.7 Å². The molecule has 0 unspecified atom stereocenters. The zero-order chi connectivity index (χ0) is 12.0. The first-order chi connectivity index (χ1) is 7.67. The van der Waals surface area contributed by atoms with Gasteiger partial charge in [-0.05, 0) is 23.8 Å². The highest BCUT2D eigenvalue weighted by molar-refractivity contribution is 6.31. The molecule has 1 N–H and O–H groups in total. The highest BCUT2D eigenvalue weighted by Crippen LogP contribution is 2.18. The monoisotopic (exact) mass is 243 g/mol. The van der Waals surface area contributed by atoms with E-state index in [0.29, 0.717) is 24.7 Å². The smallest absolute Gasteiger partial charge is 0.123 e. The van der Waals surface area contributed by atoms with E-state index in [1.54, 1.807) is 6.08 Å². The molecule has 0 aromatic heterocycles. The van der Waals surface area contributed by atoms with Gasteiger partial charge in [-0.2, -0.15) is 0 Å². The van der Waals surface area contributed by atoms with Crippen LogP contribution in [0.4, 0.5) is 4.39 Å². The Morgan fingerprint density at radius 2 is 2.25 bits per heavy atom. The molecule has 0 spiro atoms. The third kappa shape index (κ3) is 3.93. The maximum Gasteiger partial charge on any atom is 0.123 e. The Labute approximate surface area is 100.0 Å². The summed E-state index contributed by atoms with van der Waals surface area (Å²) in [7, 11) is 0. The maximum absolute atomic E-state index is 13.0. The molecule has 88 valence electrons. The van der Waals surface area contributed by atoms with Crippen molar-refractivity contribution >= 4 is 11.6 Å². The zero-order valence-electron chi connectivity index (χ0n) is 9.00. The van der Waals surface area contributed by atoms with Crippen molar-refractivity contribution in [1.29, 1.82) is 0 Å². The lowest BCUT2D eigenvalue weighted by atomic mass is 10.2. The van der Waals surface area contributed by atoms with Gasteiger partial charge >= 0.3 is 0 Å². The minimum atomic E-state index is -0.304. The molecule has 0 atom stereocenters. The van der Waals surface area contributed by atoms with Crippen LogP contribution in [-0.4, -0.2) is 29.7 Å². The molecule has 2 nitrogen and oxygen atoms in total. The molecule has 0 radical (unpaired) electrons. The largest absolute Gasteiger partial charge is 0.395 e. The van der Waals surface area contributed by atoms with Crippen LogP contribution >= 0.6 is 11.6 Å². The van der Waals surface area contributed by atoms with Crippen molar-refractivity contribution in [2.45, 2.75) is 6.54 Å². The third-order valence-corrected chi connectivity index (χ3v) is 2.57. The number of hydrogen-bond donors (Lipinski definition) is 1. The number of aliphatic hydroxyl groups is 1. The van der Waals surface area contributed by atoms with Gasteiger partial charge in [-0.15, -0.1) is 6.58 Å². The second-order valence-electron chi connectivity index (χ2n) is 3.48. The van der Waals surface area contributed by atoms with E-state index in [0.717, 1.165) is 5.56 Å². The average molecular weight is 244 g/mol. The quantitative estimate of drug-likeness (QED) is 0.776. The fourth-order valence-electron chi connectivity index (χ4n) is 1.46. The van der Waals surface area contributed by atoms with Gasteiger partial charge < -0.3 is 5.11 Å². The predicted molar refractivity (Wildman–Crippen MR) is 64.0 cm³/mol. The minimum absolute atomic E-state index is 0.0563. The highest BCUT2D eigenvalue weighted by atomic mass is 35.5. The van der Waals surface area contributed by atoms with Crippen LogP contribution in [0.1, 0.15) is 5.56 Å². The average Bonchev–Trinajstić information content (AvgIpc) is 2.24. The van der Waals surface area contributed by atoms with Crippen LogP contribution in [0, 0.1) is 5.82 Å². The summed E-state index contributed by atoms with van der Waals surface area (Å²) in [4.78, 5) is 1.94. The maximum atomic E-state index is 13.0. The van der Waals surface area contributed by atoms with Gasteiger partial charge in [0.25, 0.3) is 0 Å². The van der Waals surface area contributed by atoms with Crippen LogP contribution in [0.5, 0.6) is 0 Å². The van der Waals surface area contributed by atoms with E-state index in [9.17, 15) is 4.39 Å². The van der Waals surface area contributed by atoms with Crippen LogP contribution in [0.2, 0.25) is 5.02 Å². The van der Waals surface area contributed by atoms with E-state index in [-0.39, 0.29) is 12.4 Å². The minimum Gasteiger partial charge on any atom is -0.395 e. The molecule has 0 heterocycles. The molecule has 4 heteroatoms. The van der Waals surface area contributed by atoms with E-state index in [1.807, 2.05) is 4.90 Å². The van der Waals surface area contributed by atoms with Gasteiger partial charge in [0.05, 0.1) is 6.61 Å². The summed E-state index contributed by atoms with van der Waals surface area (Å²) in [5.41, 5.74) is 0.719. The standard InChI is InChI=1S/C12H15ClFNO/c1-2-5-15(6-7-16)9-10-8-11(14)3-4-12(10)13/h2-4,8,16H,1,5-7,9H2. The first-order valence-corrected chi connectivity index (χ1v) is 5.43. The Hall–Kier alpha value is -0.900. The number of hydrogen-bond acceptors (Lipinski definition) is 2. The third-order valence-electron chi connectivity index (χ3n) is 2.21. The summed E-state index contributed by atoms with van der Waals surface area (Å²) in [6.07, 6.45) is 1.74. The van der Waals surface area contributed by atoms with Crippen molar-refractivity contribution in [2.75, 3.05) is 19.7 Å². The van der Waals surface area contributed by atoms with Crippen molar-refractivity contribution in [3.8, 4) is 0 Å². The molecule has 0 amide bonds. The van der Waals surface area contributed by atoms with E-state index < -0.39 is 0 Å². The van der Waals surface area contributed by atoms with Crippen molar-refractivity contribution in [2.24, 2.45) is 0 Å². The fraction of sp³-hybridized carbons (Fsp3) is 0.333. The number of rotatable bonds is 6. The lowest BCUT2D eigenvalue weighted by Crippen LogP contribution is -2.26. The molecule has 0 saturated carbocycles. The molecule has 0 saturated heterocycles. The van der Waals surface area contributed by atoms with Crippen molar-refractivity contribution in [1.82, 2.24) is 4.90 Å². The van der Waals surface area contributed by atoms with Gasteiger partial charge in [-0.25, -0.2) is 4.39 Å². The van der Waals surface area contributed by atoms with Gasteiger partial charge in [0.2, 0.25) is 0 Å². The summed E-state index contributed by atoms with van der Waals surface area (Å²) >= 11 is 5.96. The molecule has 16 heavy (non-hydrogen) atoms. The summed E-state index contributed by atoms with van der Waals surface area (Å²) in [5, 5.41) is 9.42. The molecular weight excluding hydrogens is 229 g/mol. The van der Waals surface area contributed by atoms with Crippen molar-refractivity contribution in [3.63, 3.8) is 0 Å². The van der Waals surface area contributed by atoms with Gasteiger partial charge in [-0.3, -0.25) is 4.90 Å².